The summed E-state index contributed by atoms with van der Waals surface area (Å²) >= 11 is 0. The lowest BCUT2D eigenvalue weighted by atomic mass is 9.94. The van der Waals surface area contributed by atoms with Crippen LogP contribution in [-0.4, -0.2) is 23.8 Å². The number of esters is 1. The van der Waals surface area contributed by atoms with Crippen molar-refractivity contribution in [3.8, 4) is 0 Å². The highest BCUT2D eigenvalue weighted by Crippen LogP contribution is 2.21. The van der Waals surface area contributed by atoms with Crippen LogP contribution in [0, 0.1) is 5.92 Å². The molecule has 0 saturated carbocycles. The summed E-state index contributed by atoms with van der Waals surface area (Å²) in [6.45, 7) is 6.89. The predicted molar refractivity (Wildman–Crippen MR) is 134 cm³/mol. The number of ether oxygens (including phenoxy) is 1. The van der Waals surface area contributed by atoms with E-state index in [4.69, 9.17) is 4.74 Å². The highest BCUT2D eigenvalue weighted by molar-refractivity contribution is 5.72. The molecule has 0 saturated heterocycles. The normalized spacial score (nSPS) is 12.4. The molecule has 0 heterocycles. The molecule has 31 heavy (non-hydrogen) atoms. The van der Waals surface area contributed by atoms with E-state index in [0.717, 1.165) is 38.5 Å². The Hall–Kier alpha value is -0.570. The molecule has 186 valence electrons. The summed E-state index contributed by atoms with van der Waals surface area (Å²) in [5.41, 5.74) is 0. The van der Waals surface area contributed by atoms with Crippen molar-refractivity contribution in [2.24, 2.45) is 5.92 Å². The average Bonchev–Trinajstić information content (AvgIpc) is 2.77. The van der Waals surface area contributed by atoms with Crippen molar-refractivity contribution in [3.05, 3.63) is 0 Å². The Kier molecular flexibility index (Phi) is 23.6. The quantitative estimate of drug-likeness (QED) is 0.120. The van der Waals surface area contributed by atoms with Crippen LogP contribution in [0.3, 0.4) is 0 Å². The minimum Gasteiger partial charge on any atom is -0.463 e. The molecular formula is C28H56O3. The zero-order valence-electron chi connectivity index (χ0n) is 21.5. The summed E-state index contributed by atoms with van der Waals surface area (Å²) in [6, 6.07) is 0. The number of hydrogen-bond acceptors (Lipinski definition) is 3. The van der Waals surface area contributed by atoms with E-state index in [9.17, 15) is 9.90 Å². The van der Waals surface area contributed by atoms with Gasteiger partial charge in [0.15, 0.2) is 0 Å². The Morgan fingerprint density at radius 1 is 0.581 bits per heavy atom. The van der Waals surface area contributed by atoms with Crippen LogP contribution < -0.4 is 0 Å². The fourth-order valence-corrected chi connectivity index (χ4v) is 4.26. The minimum atomic E-state index is -0.501. The SMILES string of the molecule is CCCCCCCCCCC(O)COC(=O)C(CCCCCCC)CCCCCCC. The smallest absolute Gasteiger partial charge is 0.309 e. The van der Waals surface area contributed by atoms with Gasteiger partial charge in [0.1, 0.15) is 6.61 Å². The van der Waals surface area contributed by atoms with Crippen molar-refractivity contribution in [3.63, 3.8) is 0 Å². The first kappa shape index (κ1) is 30.4. The van der Waals surface area contributed by atoms with Crippen molar-refractivity contribution in [1.82, 2.24) is 0 Å². The first-order chi connectivity index (χ1) is 15.2. The largest absolute Gasteiger partial charge is 0.463 e. The van der Waals surface area contributed by atoms with Crippen LogP contribution in [0.25, 0.3) is 0 Å². The first-order valence-electron chi connectivity index (χ1n) is 14.0. The molecule has 0 bridgehead atoms. The Labute approximate surface area is 195 Å². The fourth-order valence-electron chi connectivity index (χ4n) is 4.26. The minimum absolute atomic E-state index is 0.0265. The Morgan fingerprint density at radius 3 is 1.35 bits per heavy atom. The van der Waals surface area contributed by atoms with E-state index < -0.39 is 6.10 Å². The maximum absolute atomic E-state index is 12.7. The van der Waals surface area contributed by atoms with Gasteiger partial charge in [-0.1, -0.05) is 136 Å². The van der Waals surface area contributed by atoms with Gasteiger partial charge in [-0.3, -0.25) is 4.79 Å². The van der Waals surface area contributed by atoms with E-state index >= 15 is 0 Å². The molecule has 1 unspecified atom stereocenters. The van der Waals surface area contributed by atoms with Gasteiger partial charge in [0.25, 0.3) is 0 Å². The van der Waals surface area contributed by atoms with Gasteiger partial charge in [0.2, 0.25) is 0 Å². The number of carbonyl (C=O) groups excluding carboxylic acids is 1. The maximum Gasteiger partial charge on any atom is 0.309 e. The van der Waals surface area contributed by atoms with Crippen molar-refractivity contribution in [1.29, 1.82) is 0 Å². The van der Waals surface area contributed by atoms with Crippen LogP contribution in [0.2, 0.25) is 0 Å². The fraction of sp³-hybridized carbons (Fsp3) is 0.964. The number of hydrogen-bond donors (Lipinski definition) is 1. The van der Waals surface area contributed by atoms with Gasteiger partial charge in [-0.2, -0.15) is 0 Å². The lowest BCUT2D eigenvalue weighted by molar-refractivity contribution is -0.152. The second kappa shape index (κ2) is 24.1. The van der Waals surface area contributed by atoms with Crippen molar-refractivity contribution < 1.29 is 14.6 Å². The van der Waals surface area contributed by atoms with Crippen LogP contribution in [0.1, 0.15) is 156 Å². The molecule has 0 rings (SSSR count). The molecule has 3 heteroatoms. The van der Waals surface area contributed by atoms with Crippen molar-refractivity contribution in [2.75, 3.05) is 6.61 Å². The van der Waals surface area contributed by atoms with E-state index in [-0.39, 0.29) is 18.5 Å². The van der Waals surface area contributed by atoms with Gasteiger partial charge < -0.3 is 9.84 Å². The molecule has 0 amide bonds. The predicted octanol–water partition coefficient (Wildman–Crippen LogP) is 8.76. The molecule has 0 aromatic rings. The number of unbranched alkanes of at least 4 members (excludes halogenated alkanes) is 15. The Morgan fingerprint density at radius 2 is 0.935 bits per heavy atom. The van der Waals surface area contributed by atoms with Gasteiger partial charge in [-0.15, -0.1) is 0 Å². The Bertz CT molecular complexity index is 355. The van der Waals surface area contributed by atoms with Crippen molar-refractivity contribution in [2.45, 2.75) is 162 Å². The summed E-state index contributed by atoms with van der Waals surface area (Å²) in [5.74, 6) is -0.0421. The second-order valence-corrected chi connectivity index (χ2v) is 9.65. The summed E-state index contributed by atoms with van der Waals surface area (Å²) < 4.78 is 5.56. The van der Waals surface area contributed by atoms with Crippen molar-refractivity contribution >= 4 is 5.97 Å². The van der Waals surface area contributed by atoms with Crippen LogP contribution in [0.5, 0.6) is 0 Å². The second-order valence-electron chi connectivity index (χ2n) is 9.65. The summed E-state index contributed by atoms with van der Waals surface area (Å²) in [5, 5.41) is 10.2. The van der Waals surface area contributed by atoms with E-state index in [1.165, 1.54) is 96.3 Å². The van der Waals surface area contributed by atoms with Crippen LogP contribution in [0.15, 0.2) is 0 Å². The van der Waals surface area contributed by atoms with E-state index in [1.807, 2.05) is 0 Å². The molecular weight excluding hydrogens is 384 g/mol. The van der Waals surface area contributed by atoms with Gasteiger partial charge in [-0.25, -0.2) is 0 Å². The highest BCUT2D eigenvalue weighted by atomic mass is 16.5. The Balaban J connectivity index is 4.03. The van der Waals surface area contributed by atoms with Crippen LogP contribution >= 0.6 is 0 Å². The monoisotopic (exact) mass is 440 g/mol. The molecule has 0 aromatic heterocycles. The number of rotatable bonds is 24. The standard InChI is InChI=1S/C28H56O3/c1-4-7-10-13-14-15-18-21-24-27(29)25-31-28(30)26(22-19-16-11-8-5-2)23-20-17-12-9-6-3/h26-27,29H,4-25H2,1-3H3. The summed E-state index contributed by atoms with van der Waals surface area (Å²) in [4.78, 5) is 12.7. The topological polar surface area (TPSA) is 46.5 Å². The van der Waals surface area contributed by atoms with Crippen LogP contribution in [-0.2, 0) is 9.53 Å². The lowest BCUT2D eigenvalue weighted by Gasteiger charge is -2.18. The molecule has 1 atom stereocenters. The van der Waals surface area contributed by atoms with E-state index in [1.54, 1.807) is 0 Å². The number of aliphatic hydroxyl groups is 1. The summed E-state index contributed by atoms with van der Waals surface area (Å²) in [7, 11) is 0. The van der Waals surface area contributed by atoms with E-state index in [2.05, 4.69) is 20.8 Å². The average molecular weight is 441 g/mol. The molecule has 1 N–H and O–H groups in total. The van der Waals surface area contributed by atoms with Gasteiger partial charge in [-0.05, 0) is 19.3 Å². The van der Waals surface area contributed by atoms with Gasteiger partial charge >= 0.3 is 5.97 Å². The third-order valence-corrected chi connectivity index (χ3v) is 6.45. The lowest BCUT2D eigenvalue weighted by Crippen LogP contribution is -2.24. The van der Waals surface area contributed by atoms with Crippen LogP contribution in [0.4, 0.5) is 0 Å². The third kappa shape index (κ3) is 21.1. The molecule has 0 fully saturated rings. The molecule has 0 aliphatic rings. The highest BCUT2D eigenvalue weighted by Gasteiger charge is 2.20. The molecule has 3 nitrogen and oxygen atoms in total. The molecule has 0 spiro atoms. The maximum atomic E-state index is 12.7. The zero-order chi connectivity index (χ0) is 23.0. The van der Waals surface area contributed by atoms with Gasteiger partial charge in [0, 0.05) is 0 Å². The summed E-state index contributed by atoms with van der Waals surface area (Å²) in [6.07, 6.45) is 24.6. The third-order valence-electron chi connectivity index (χ3n) is 6.45. The zero-order valence-corrected chi connectivity index (χ0v) is 21.5. The first-order valence-corrected chi connectivity index (χ1v) is 14.0. The molecule has 0 radical (unpaired) electrons. The molecule has 0 aliphatic carbocycles. The van der Waals surface area contributed by atoms with E-state index in [0.29, 0.717) is 0 Å². The molecule has 0 aromatic carbocycles. The van der Waals surface area contributed by atoms with Gasteiger partial charge in [0.05, 0.1) is 12.0 Å². The number of carbonyl (C=O) groups is 1. The number of aliphatic hydroxyl groups excluding tert-OH is 1. The molecule has 0 aliphatic heterocycles.